The third-order valence-corrected chi connectivity index (χ3v) is 6.53. The third kappa shape index (κ3) is 8.49. The zero-order chi connectivity index (χ0) is 23.6. The molecule has 180 valence electrons. The quantitative estimate of drug-likeness (QED) is 0.487. The number of rotatable bonds is 11. The molecule has 0 atom stereocenters. The second kappa shape index (κ2) is 12.8. The first-order valence-electron chi connectivity index (χ1n) is 11.7. The van der Waals surface area contributed by atoms with E-state index in [2.05, 4.69) is 25.7 Å². The minimum Gasteiger partial charge on any atom is -0.379 e. The Kier molecular flexibility index (Phi) is 9.77. The topological polar surface area (TPSA) is 96.5 Å². The van der Waals surface area contributed by atoms with Crippen LogP contribution in [0.25, 0.3) is 0 Å². The van der Waals surface area contributed by atoms with Gasteiger partial charge in [-0.1, -0.05) is 41.2 Å². The molecule has 1 saturated heterocycles. The SMILES string of the molecule is Cc1ccc(CNC(=O)c2nnc(CN3CCC(C(=O)NCCCOC(C)C)CC3)s2)cc1. The van der Waals surface area contributed by atoms with Crippen molar-refractivity contribution in [1.29, 1.82) is 0 Å². The number of benzene rings is 1. The van der Waals surface area contributed by atoms with E-state index in [-0.39, 0.29) is 23.8 Å². The zero-order valence-corrected chi connectivity index (χ0v) is 20.6. The van der Waals surface area contributed by atoms with Gasteiger partial charge in [-0.3, -0.25) is 14.5 Å². The van der Waals surface area contributed by atoms with E-state index in [1.165, 1.54) is 16.9 Å². The number of hydrogen-bond donors (Lipinski definition) is 2. The van der Waals surface area contributed by atoms with Crippen molar-refractivity contribution in [3.05, 3.63) is 45.4 Å². The summed E-state index contributed by atoms with van der Waals surface area (Å²) in [6.45, 7) is 10.2. The van der Waals surface area contributed by atoms with Crippen LogP contribution in [-0.4, -0.2) is 59.3 Å². The first kappa shape index (κ1) is 25.3. The van der Waals surface area contributed by atoms with Gasteiger partial charge in [0.1, 0.15) is 5.01 Å². The maximum Gasteiger partial charge on any atom is 0.282 e. The Morgan fingerprint density at radius 2 is 1.88 bits per heavy atom. The van der Waals surface area contributed by atoms with E-state index in [0.29, 0.717) is 31.2 Å². The van der Waals surface area contributed by atoms with E-state index in [4.69, 9.17) is 4.74 Å². The number of aryl methyl sites for hydroxylation is 1. The van der Waals surface area contributed by atoms with Gasteiger partial charge in [-0.15, -0.1) is 10.2 Å². The maximum atomic E-state index is 12.4. The number of aromatic nitrogens is 2. The molecule has 1 aromatic carbocycles. The molecule has 0 aliphatic carbocycles. The number of likely N-dealkylation sites (tertiary alicyclic amines) is 1. The van der Waals surface area contributed by atoms with Crippen molar-refractivity contribution >= 4 is 23.2 Å². The summed E-state index contributed by atoms with van der Waals surface area (Å²) in [5.74, 6) is 0.000874. The molecule has 0 radical (unpaired) electrons. The van der Waals surface area contributed by atoms with Gasteiger partial charge in [-0.2, -0.15) is 0 Å². The van der Waals surface area contributed by atoms with Gasteiger partial charge in [-0.05, 0) is 58.7 Å². The predicted molar refractivity (Wildman–Crippen MR) is 129 cm³/mol. The van der Waals surface area contributed by atoms with Crippen molar-refractivity contribution in [1.82, 2.24) is 25.7 Å². The number of piperidine rings is 1. The van der Waals surface area contributed by atoms with Crippen molar-refractivity contribution in [2.75, 3.05) is 26.2 Å². The van der Waals surface area contributed by atoms with Crippen LogP contribution in [0.3, 0.4) is 0 Å². The number of ether oxygens (including phenoxy) is 1. The molecule has 1 fully saturated rings. The summed E-state index contributed by atoms with van der Waals surface area (Å²) in [5, 5.41) is 15.4. The summed E-state index contributed by atoms with van der Waals surface area (Å²) in [7, 11) is 0. The molecule has 1 aromatic heterocycles. The molecule has 2 N–H and O–H groups in total. The Hall–Kier alpha value is -2.36. The highest BCUT2D eigenvalue weighted by Crippen LogP contribution is 2.20. The first-order valence-corrected chi connectivity index (χ1v) is 12.5. The number of hydrogen-bond acceptors (Lipinski definition) is 7. The molecule has 33 heavy (non-hydrogen) atoms. The molecule has 0 saturated carbocycles. The molecular weight excluding hydrogens is 438 g/mol. The molecule has 0 bridgehead atoms. The van der Waals surface area contributed by atoms with Crippen LogP contribution in [0.5, 0.6) is 0 Å². The molecule has 3 rings (SSSR count). The lowest BCUT2D eigenvalue weighted by molar-refractivity contribution is -0.126. The highest BCUT2D eigenvalue weighted by molar-refractivity contribution is 7.13. The molecule has 1 aliphatic heterocycles. The van der Waals surface area contributed by atoms with Crippen LogP contribution in [0.4, 0.5) is 0 Å². The third-order valence-electron chi connectivity index (χ3n) is 5.62. The molecule has 2 amide bonds. The van der Waals surface area contributed by atoms with E-state index < -0.39 is 0 Å². The fourth-order valence-electron chi connectivity index (χ4n) is 3.66. The largest absolute Gasteiger partial charge is 0.379 e. The molecule has 2 aromatic rings. The number of carbonyl (C=O) groups is 2. The minimum absolute atomic E-state index is 0.0600. The summed E-state index contributed by atoms with van der Waals surface area (Å²) in [5.41, 5.74) is 2.24. The number of nitrogens with zero attached hydrogens (tertiary/aromatic N) is 3. The van der Waals surface area contributed by atoms with Crippen molar-refractivity contribution in [2.45, 2.75) is 59.2 Å². The summed E-state index contributed by atoms with van der Waals surface area (Å²) >= 11 is 1.33. The highest BCUT2D eigenvalue weighted by atomic mass is 32.1. The second-order valence-corrected chi connectivity index (χ2v) is 9.85. The molecule has 8 nitrogen and oxygen atoms in total. The van der Waals surface area contributed by atoms with Crippen LogP contribution in [0.15, 0.2) is 24.3 Å². The fraction of sp³-hybridized carbons (Fsp3) is 0.583. The molecule has 9 heteroatoms. The number of nitrogens with one attached hydrogen (secondary N) is 2. The Labute approximate surface area is 200 Å². The van der Waals surface area contributed by atoms with Crippen LogP contribution >= 0.6 is 11.3 Å². The molecule has 1 aliphatic rings. The zero-order valence-electron chi connectivity index (χ0n) is 19.8. The fourth-order valence-corrected chi connectivity index (χ4v) is 4.46. The Balaban J connectivity index is 1.35. The van der Waals surface area contributed by atoms with E-state index in [0.717, 1.165) is 42.9 Å². The van der Waals surface area contributed by atoms with Crippen LogP contribution in [0, 0.1) is 12.8 Å². The number of amides is 2. The van der Waals surface area contributed by atoms with Gasteiger partial charge in [-0.25, -0.2) is 0 Å². The van der Waals surface area contributed by atoms with Crippen molar-refractivity contribution in [3.63, 3.8) is 0 Å². The standard InChI is InChI=1S/C24H35N5O3S/c1-17(2)32-14-4-11-25-22(30)20-9-12-29(13-10-20)16-21-27-28-24(33-21)23(31)26-15-19-7-5-18(3)6-8-19/h5-8,17,20H,4,9-16H2,1-3H3,(H,25,30)(H,26,31). The van der Waals surface area contributed by atoms with Crippen molar-refractivity contribution < 1.29 is 14.3 Å². The Morgan fingerprint density at radius 3 is 2.58 bits per heavy atom. The lowest BCUT2D eigenvalue weighted by Gasteiger charge is -2.30. The van der Waals surface area contributed by atoms with Gasteiger partial charge in [0.25, 0.3) is 5.91 Å². The van der Waals surface area contributed by atoms with Crippen molar-refractivity contribution in [2.24, 2.45) is 5.92 Å². The lowest BCUT2D eigenvalue weighted by atomic mass is 9.96. The average Bonchev–Trinajstić information content (AvgIpc) is 3.27. The van der Waals surface area contributed by atoms with Crippen LogP contribution < -0.4 is 10.6 Å². The van der Waals surface area contributed by atoms with E-state index in [1.54, 1.807) is 0 Å². The smallest absolute Gasteiger partial charge is 0.282 e. The minimum atomic E-state index is -0.200. The van der Waals surface area contributed by atoms with Crippen LogP contribution in [-0.2, 0) is 22.6 Å². The maximum absolute atomic E-state index is 12.4. The molecular formula is C24H35N5O3S. The van der Waals surface area contributed by atoms with Crippen LogP contribution in [0.2, 0.25) is 0 Å². The van der Waals surface area contributed by atoms with Gasteiger partial charge >= 0.3 is 0 Å². The molecule has 0 spiro atoms. The number of carbonyl (C=O) groups excluding carboxylic acids is 2. The summed E-state index contributed by atoms with van der Waals surface area (Å²) in [4.78, 5) is 27.1. The highest BCUT2D eigenvalue weighted by Gasteiger charge is 2.25. The summed E-state index contributed by atoms with van der Waals surface area (Å²) in [6.07, 6.45) is 2.72. The van der Waals surface area contributed by atoms with Gasteiger partial charge in [0.05, 0.1) is 12.6 Å². The first-order chi connectivity index (χ1) is 15.9. The monoisotopic (exact) mass is 473 g/mol. The molecule has 0 unspecified atom stereocenters. The van der Waals surface area contributed by atoms with E-state index in [1.807, 2.05) is 45.0 Å². The van der Waals surface area contributed by atoms with E-state index >= 15 is 0 Å². The van der Waals surface area contributed by atoms with E-state index in [9.17, 15) is 9.59 Å². The second-order valence-electron chi connectivity index (χ2n) is 8.78. The summed E-state index contributed by atoms with van der Waals surface area (Å²) in [6, 6.07) is 8.07. The van der Waals surface area contributed by atoms with Crippen molar-refractivity contribution in [3.8, 4) is 0 Å². The van der Waals surface area contributed by atoms with Gasteiger partial charge in [0.15, 0.2) is 0 Å². The predicted octanol–water partition coefficient (Wildman–Crippen LogP) is 2.92. The normalized spacial score (nSPS) is 15.0. The van der Waals surface area contributed by atoms with Gasteiger partial charge < -0.3 is 15.4 Å². The Bertz CT molecular complexity index is 892. The van der Waals surface area contributed by atoms with Gasteiger partial charge in [0.2, 0.25) is 10.9 Å². The molecule has 2 heterocycles. The van der Waals surface area contributed by atoms with Crippen LogP contribution in [0.1, 0.15) is 59.0 Å². The lowest BCUT2D eigenvalue weighted by Crippen LogP contribution is -2.40. The summed E-state index contributed by atoms with van der Waals surface area (Å²) < 4.78 is 5.50. The average molecular weight is 474 g/mol. The van der Waals surface area contributed by atoms with Gasteiger partial charge in [0, 0.05) is 25.6 Å². The Morgan fingerprint density at radius 1 is 1.15 bits per heavy atom.